The molecule has 1 aromatic carbocycles. The van der Waals surface area contributed by atoms with E-state index in [0.29, 0.717) is 5.76 Å². The van der Waals surface area contributed by atoms with Crippen molar-refractivity contribution in [2.45, 2.75) is 26.8 Å². The minimum atomic E-state index is -0.883. The highest BCUT2D eigenvalue weighted by Crippen LogP contribution is 2.28. The van der Waals surface area contributed by atoms with Crippen LogP contribution in [-0.4, -0.2) is 41.0 Å². The van der Waals surface area contributed by atoms with E-state index in [4.69, 9.17) is 13.9 Å². The van der Waals surface area contributed by atoms with Crippen LogP contribution in [-0.2, 0) is 19.1 Å². The largest absolute Gasteiger partial charge is 0.467 e. The maximum absolute atomic E-state index is 12.7. The third-order valence-corrected chi connectivity index (χ3v) is 5.57. The second kappa shape index (κ2) is 10.8. The minimum absolute atomic E-state index is 0.0963. The number of nitrogens with one attached hydrogen (secondary N) is 2. The summed E-state index contributed by atoms with van der Waals surface area (Å²) in [7, 11) is 0. The smallest absolute Gasteiger partial charge is 0.338 e. The number of aromatic nitrogens is 2. The van der Waals surface area contributed by atoms with Gasteiger partial charge in [0.25, 0.3) is 0 Å². The molecule has 3 aromatic rings. The quantitative estimate of drug-likeness (QED) is 0.366. The molecule has 1 atom stereocenters. The summed E-state index contributed by atoms with van der Waals surface area (Å²) in [6, 6.07) is 11.5. The van der Waals surface area contributed by atoms with Gasteiger partial charge in [0.1, 0.15) is 18.4 Å². The summed E-state index contributed by atoms with van der Waals surface area (Å²) in [5.41, 5.74) is 3.52. The van der Waals surface area contributed by atoms with Gasteiger partial charge in [-0.3, -0.25) is 0 Å². The van der Waals surface area contributed by atoms with Gasteiger partial charge in [-0.25, -0.2) is 19.1 Å². The van der Waals surface area contributed by atoms with Crippen LogP contribution in [0, 0.1) is 13.8 Å². The first-order chi connectivity index (χ1) is 17.4. The van der Waals surface area contributed by atoms with Gasteiger partial charge in [-0.1, -0.05) is 18.2 Å². The normalized spacial score (nSPS) is 15.5. The van der Waals surface area contributed by atoms with Gasteiger partial charge in [-0.2, -0.15) is 5.10 Å². The molecule has 0 fully saturated rings. The lowest BCUT2D eigenvalue weighted by Crippen LogP contribution is -2.47. The molecule has 0 radical (unpaired) electrons. The average Bonchev–Trinajstić information content (AvgIpc) is 3.50. The fourth-order valence-electron chi connectivity index (χ4n) is 3.91. The molecule has 0 saturated heterocycles. The number of rotatable bonds is 8. The second-order valence-corrected chi connectivity index (χ2v) is 7.93. The van der Waals surface area contributed by atoms with Crippen molar-refractivity contribution in [1.29, 1.82) is 0 Å². The van der Waals surface area contributed by atoms with Crippen molar-refractivity contribution in [3.63, 3.8) is 0 Å². The van der Waals surface area contributed by atoms with E-state index < -0.39 is 24.0 Å². The topological polar surface area (TPSA) is 125 Å². The number of aryl methyl sites for hydroxylation is 1. The first-order valence-corrected chi connectivity index (χ1v) is 11.4. The number of carbonyl (C=O) groups is 3. The van der Waals surface area contributed by atoms with Crippen molar-refractivity contribution >= 4 is 24.0 Å². The van der Waals surface area contributed by atoms with Crippen LogP contribution < -0.4 is 10.6 Å². The zero-order valence-electron chi connectivity index (χ0n) is 20.1. The molecule has 186 valence electrons. The first kappa shape index (κ1) is 24.5. The molecule has 4 rings (SSSR count). The Labute approximate surface area is 207 Å². The molecule has 2 N–H and O–H groups in total. The van der Waals surface area contributed by atoms with Gasteiger partial charge in [0.15, 0.2) is 0 Å². The molecule has 0 saturated carbocycles. The Morgan fingerprint density at radius 1 is 1.14 bits per heavy atom. The summed E-state index contributed by atoms with van der Waals surface area (Å²) in [5, 5.41) is 9.73. The predicted molar refractivity (Wildman–Crippen MR) is 130 cm³/mol. The average molecular weight is 491 g/mol. The molecule has 0 bridgehead atoms. The number of para-hydroxylation sites is 1. The number of carbonyl (C=O) groups excluding carboxylic acids is 3. The Bertz CT molecular complexity index is 1320. The van der Waals surface area contributed by atoms with Crippen molar-refractivity contribution < 1.29 is 28.3 Å². The van der Waals surface area contributed by atoms with E-state index in [9.17, 15) is 14.4 Å². The van der Waals surface area contributed by atoms with Gasteiger partial charge in [-0.15, -0.1) is 0 Å². The Kier molecular flexibility index (Phi) is 7.33. The van der Waals surface area contributed by atoms with Gasteiger partial charge in [-0.05, 0) is 51.1 Å². The lowest BCUT2D eigenvalue weighted by molar-refractivity contribution is -0.140. The molecule has 10 nitrogen and oxygen atoms in total. The number of amides is 2. The Hall–Kier alpha value is -4.60. The lowest BCUT2D eigenvalue weighted by atomic mass is 10.0. The van der Waals surface area contributed by atoms with Crippen LogP contribution in [0.5, 0.6) is 0 Å². The van der Waals surface area contributed by atoms with Gasteiger partial charge in [0.05, 0.1) is 35.5 Å². The van der Waals surface area contributed by atoms with Gasteiger partial charge < -0.3 is 24.5 Å². The maximum Gasteiger partial charge on any atom is 0.338 e. The highest BCUT2D eigenvalue weighted by atomic mass is 16.5. The summed E-state index contributed by atoms with van der Waals surface area (Å²) in [6.45, 7) is 5.22. The molecule has 3 heterocycles. The Morgan fingerprint density at radius 3 is 2.61 bits per heavy atom. The van der Waals surface area contributed by atoms with E-state index in [0.717, 1.165) is 22.6 Å². The zero-order valence-corrected chi connectivity index (χ0v) is 20.1. The third-order valence-electron chi connectivity index (χ3n) is 5.57. The number of esters is 2. The third kappa shape index (κ3) is 5.22. The van der Waals surface area contributed by atoms with Crippen molar-refractivity contribution in [3.8, 4) is 5.69 Å². The van der Waals surface area contributed by atoms with E-state index in [-0.39, 0.29) is 24.5 Å². The SMILES string of the molecule is CCOC(=O)C1=C(COC(=O)/C=C/c2c(C)nn(-c3ccccc3)c2C)NC(=O)NC1c1ccco1. The van der Waals surface area contributed by atoms with E-state index in [2.05, 4.69) is 15.7 Å². The summed E-state index contributed by atoms with van der Waals surface area (Å²) < 4.78 is 17.7. The van der Waals surface area contributed by atoms with E-state index >= 15 is 0 Å². The van der Waals surface area contributed by atoms with E-state index in [1.807, 2.05) is 44.2 Å². The number of ether oxygens (including phenoxy) is 2. The fraction of sp³-hybridized carbons (Fsp3) is 0.231. The minimum Gasteiger partial charge on any atom is -0.467 e. The standard InChI is InChI=1S/C26H26N4O6/c1-4-34-25(32)23-20(27-26(33)28-24(23)21-11-8-14-35-21)15-36-22(31)13-12-19-16(2)29-30(17(19)3)18-9-6-5-7-10-18/h5-14,24H,4,15H2,1-3H3,(H2,27,28,33)/b13-12+. The van der Waals surface area contributed by atoms with Crippen LogP contribution in [0.3, 0.4) is 0 Å². The van der Waals surface area contributed by atoms with Crippen LogP contribution in [0.25, 0.3) is 11.8 Å². The second-order valence-electron chi connectivity index (χ2n) is 7.93. The van der Waals surface area contributed by atoms with Crippen molar-refractivity contribution in [3.05, 3.63) is 88.8 Å². The van der Waals surface area contributed by atoms with Gasteiger partial charge in [0, 0.05) is 17.3 Å². The van der Waals surface area contributed by atoms with E-state index in [1.54, 1.807) is 29.8 Å². The molecular weight excluding hydrogens is 464 g/mol. The molecule has 1 aliphatic rings. The summed E-state index contributed by atoms with van der Waals surface area (Å²) in [4.78, 5) is 37.5. The van der Waals surface area contributed by atoms with Gasteiger partial charge >= 0.3 is 18.0 Å². The Morgan fingerprint density at radius 2 is 1.92 bits per heavy atom. The molecular formula is C26H26N4O6. The zero-order chi connectivity index (χ0) is 25.7. The van der Waals surface area contributed by atoms with E-state index in [1.165, 1.54) is 12.3 Å². The number of nitrogens with zero attached hydrogens (tertiary/aromatic N) is 2. The molecule has 1 aliphatic heterocycles. The molecule has 1 unspecified atom stereocenters. The fourth-order valence-corrected chi connectivity index (χ4v) is 3.91. The van der Waals surface area contributed by atoms with Crippen LogP contribution in [0.1, 0.15) is 35.7 Å². The predicted octanol–water partition coefficient (Wildman–Crippen LogP) is 3.51. The monoisotopic (exact) mass is 490 g/mol. The first-order valence-electron chi connectivity index (χ1n) is 11.4. The molecule has 2 amide bonds. The number of furan rings is 1. The van der Waals surface area contributed by atoms with Gasteiger partial charge in [0.2, 0.25) is 0 Å². The highest BCUT2D eigenvalue weighted by molar-refractivity contribution is 5.95. The van der Waals surface area contributed by atoms with Crippen molar-refractivity contribution in [2.24, 2.45) is 0 Å². The molecule has 2 aromatic heterocycles. The summed E-state index contributed by atoms with van der Waals surface area (Å²) >= 11 is 0. The van der Waals surface area contributed by atoms with Crippen LogP contribution in [0.4, 0.5) is 4.79 Å². The summed E-state index contributed by atoms with van der Waals surface area (Å²) in [6.07, 6.45) is 4.34. The van der Waals surface area contributed by atoms with Crippen LogP contribution >= 0.6 is 0 Å². The van der Waals surface area contributed by atoms with Crippen molar-refractivity contribution in [2.75, 3.05) is 13.2 Å². The molecule has 36 heavy (non-hydrogen) atoms. The maximum atomic E-state index is 12.7. The van der Waals surface area contributed by atoms with Crippen molar-refractivity contribution in [1.82, 2.24) is 20.4 Å². The molecule has 10 heteroatoms. The number of hydrogen-bond acceptors (Lipinski definition) is 7. The number of benzene rings is 1. The van der Waals surface area contributed by atoms with Crippen LogP contribution in [0.2, 0.25) is 0 Å². The molecule has 0 aliphatic carbocycles. The lowest BCUT2D eigenvalue weighted by Gasteiger charge is -2.27. The molecule has 0 spiro atoms. The number of hydrogen-bond donors (Lipinski definition) is 2. The van der Waals surface area contributed by atoms with Crippen LogP contribution in [0.15, 0.2) is 70.5 Å². The highest BCUT2D eigenvalue weighted by Gasteiger charge is 2.35. The number of urea groups is 1. The Balaban J connectivity index is 1.53. The summed E-state index contributed by atoms with van der Waals surface area (Å²) in [5.74, 6) is -0.968.